The van der Waals surface area contributed by atoms with Crippen LogP contribution in [0.25, 0.3) is 5.52 Å². The Morgan fingerprint density at radius 3 is 2.88 bits per heavy atom. The number of hydrogen-bond acceptors (Lipinski definition) is 4. The topological polar surface area (TPSA) is 68.2 Å². The Balaban J connectivity index is 2.09. The second-order valence-electron chi connectivity index (χ2n) is 3.86. The maximum atomic E-state index is 10.3. The molecule has 0 fully saturated rings. The molecule has 0 radical (unpaired) electrons. The number of nitrogens with zero attached hydrogens (tertiary/aromatic N) is 5. The van der Waals surface area contributed by atoms with Gasteiger partial charge in [0.2, 0.25) is 0 Å². The van der Waals surface area contributed by atoms with E-state index in [0.29, 0.717) is 0 Å². The molecule has 1 atom stereocenters. The highest BCUT2D eigenvalue weighted by molar-refractivity contribution is 5.54. The van der Waals surface area contributed by atoms with Crippen molar-refractivity contribution in [1.29, 1.82) is 0 Å². The molecule has 0 amide bonds. The molecule has 6 heteroatoms. The van der Waals surface area contributed by atoms with Crippen molar-refractivity contribution in [3.8, 4) is 0 Å². The fourth-order valence-corrected chi connectivity index (χ4v) is 1.82. The van der Waals surface area contributed by atoms with Gasteiger partial charge in [-0.1, -0.05) is 0 Å². The minimum atomic E-state index is -0.731. The number of aliphatic hydroxyl groups excluding tert-OH is 1. The summed E-state index contributed by atoms with van der Waals surface area (Å²) >= 11 is 0. The Kier molecular flexibility index (Phi) is 2.15. The maximum absolute atomic E-state index is 10.3. The fourth-order valence-electron chi connectivity index (χ4n) is 1.82. The first kappa shape index (κ1) is 9.98. The molecule has 0 spiro atoms. The molecule has 86 valence electrons. The number of aryl methyl sites for hydroxylation is 1. The van der Waals surface area contributed by atoms with Gasteiger partial charge >= 0.3 is 0 Å². The monoisotopic (exact) mass is 229 g/mol. The van der Waals surface area contributed by atoms with Gasteiger partial charge in [-0.05, 0) is 0 Å². The van der Waals surface area contributed by atoms with Crippen LogP contribution in [0, 0.1) is 0 Å². The van der Waals surface area contributed by atoms with Crippen molar-refractivity contribution in [1.82, 2.24) is 24.4 Å². The molecule has 6 nitrogen and oxygen atoms in total. The molecule has 0 saturated carbocycles. The van der Waals surface area contributed by atoms with Gasteiger partial charge in [0.1, 0.15) is 6.10 Å². The quantitative estimate of drug-likeness (QED) is 0.696. The molecule has 0 aromatic carbocycles. The Hall–Kier alpha value is -2.21. The highest BCUT2D eigenvalue weighted by Gasteiger charge is 2.16. The lowest BCUT2D eigenvalue weighted by Gasteiger charge is -2.05. The molecule has 3 aromatic heterocycles. The maximum Gasteiger partial charge on any atom is 0.111 e. The summed E-state index contributed by atoms with van der Waals surface area (Å²) in [5, 5.41) is 18.5. The molecule has 0 bridgehead atoms. The van der Waals surface area contributed by atoms with E-state index in [9.17, 15) is 5.11 Å². The number of rotatable bonds is 2. The van der Waals surface area contributed by atoms with Crippen LogP contribution < -0.4 is 0 Å². The van der Waals surface area contributed by atoms with Crippen LogP contribution in [0.4, 0.5) is 0 Å². The standard InChI is InChI=1S/C11H11N5O/c1-15-7-8(4-13-15)11(17)9-5-14-16-3-2-12-6-10(9)16/h2-7,11,17H,1H3. The van der Waals surface area contributed by atoms with Crippen molar-refractivity contribution in [2.75, 3.05) is 0 Å². The van der Waals surface area contributed by atoms with E-state index in [1.54, 1.807) is 46.4 Å². The van der Waals surface area contributed by atoms with Crippen molar-refractivity contribution < 1.29 is 5.11 Å². The second-order valence-corrected chi connectivity index (χ2v) is 3.86. The fraction of sp³-hybridized carbons (Fsp3) is 0.182. The van der Waals surface area contributed by atoms with Gasteiger partial charge in [-0.15, -0.1) is 0 Å². The van der Waals surface area contributed by atoms with E-state index >= 15 is 0 Å². The molecule has 3 aromatic rings. The summed E-state index contributed by atoms with van der Waals surface area (Å²) in [6.07, 6.45) is 9.42. The molecule has 17 heavy (non-hydrogen) atoms. The largest absolute Gasteiger partial charge is 0.383 e. The average molecular weight is 229 g/mol. The summed E-state index contributed by atoms with van der Waals surface area (Å²) in [5.74, 6) is 0. The van der Waals surface area contributed by atoms with Crippen LogP contribution in [-0.4, -0.2) is 29.5 Å². The zero-order valence-electron chi connectivity index (χ0n) is 9.22. The van der Waals surface area contributed by atoms with Gasteiger partial charge in [-0.2, -0.15) is 10.2 Å². The Morgan fingerprint density at radius 2 is 2.12 bits per heavy atom. The molecular formula is C11H11N5O. The van der Waals surface area contributed by atoms with E-state index in [2.05, 4.69) is 15.2 Å². The van der Waals surface area contributed by atoms with Crippen LogP contribution in [0.2, 0.25) is 0 Å². The van der Waals surface area contributed by atoms with Crippen LogP contribution in [-0.2, 0) is 7.05 Å². The van der Waals surface area contributed by atoms with Crippen molar-refractivity contribution in [2.45, 2.75) is 6.10 Å². The molecule has 3 rings (SSSR count). The molecule has 0 aliphatic heterocycles. The van der Waals surface area contributed by atoms with Gasteiger partial charge < -0.3 is 5.11 Å². The van der Waals surface area contributed by atoms with Crippen LogP contribution in [0.15, 0.2) is 37.2 Å². The highest BCUT2D eigenvalue weighted by atomic mass is 16.3. The summed E-state index contributed by atoms with van der Waals surface area (Å²) in [6, 6.07) is 0. The summed E-state index contributed by atoms with van der Waals surface area (Å²) in [6.45, 7) is 0. The summed E-state index contributed by atoms with van der Waals surface area (Å²) < 4.78 is 3.34. The van der Waals surface area contributed by atoms with Crippen LogP contribution in [0.1, 0.15) is 17.2 Å². The first-order chi connectivity index (χ1) is 8.25. The average Bonchev–Trinajstić information content (AvgIpc) is 2.94. The third-order valence-corrected chi connectivity index (χ3v) is 2.69. The van der Waals surface area contributed by atoms with Crippen LogP contribution >= 0.6 is 0 Å². The summed E-state index contributed by atoms with van der Waals surface area (Å²) in [4.78, 5) is 4.03. The zero-order chi connectivity index (χ0) is 11.8. The molecule has 0 saturated heterocycles. The summed E-state index contributed by atoms with van der Waals surface area (Å²) in [5.41, 5.74) is 2.27. The lowest BCUT2D eigenvalue weighted by molar-refractivity contribution is 0.221. The Labute approximate surface area is 97.1 Å². The number of hydrogen-bond donors (Lipinski definition) is 1. The molecule has 0 aliphatic carbocycles. The zero-order valence-corrected chi connectivity index (χ0v) is 9.22. The smallest absolute Gasteiger partial charge is 0.111 e. The molecular weight excluding hydrogens is 218 g/mol. The predicted octanol–water partition coefficient (Wildman–Crippen LogP) is 0.544. The van der Waals surface area contributed by atoms with Gasteiger partial charge in [-0.25, -0.2) is 4.52 Å². The lowest BCUT2D eigenvalue weighted by atomic mass is 10.1. The Bertz CT molecular complexity index is 656. The normalized spacial score (nSPS) is 13.1. The van der Waals surface area contributed by atoms with Crippen molar-refractivity contribution in [3.05, 3.63) is 48.3 Å². The first-order valence-corrected chi connectivity index (χ1v) is 5.19. The van der Waals surface area contributed by atoms with Gasteiger partial charge in [0, 0.05) is 36.8 Å². The molecule has 1 unspecified atom stereocenters. The number of aromatic nitrogens is 5. The van der Waals surface area contributed by atoms with E-state index in [1.165, 1.54) is 0 Å². The van der Waals surface area contributed by atoms with E-state index in [4.69, 9.17) is 0 Å². The second kappa shape index (κ2) is 3.67. The van der Waals surface area contributed by atoms with E-state index in [1.807, 2.05) is 7.05 Å². The van der Waals surface area contributed by atoms with Crippen LogP contribution in [0.5, 0.6) is 0 Å². The lowest BCUT2D eigenvalue weighted by Crippen LogP contribution is -1.98. The van der Waals surface area contributed by atoms with Crippen molar-refractivity contribution in [2.24, 2.45) is 7.05 Å². The highest BCUT2D eigenvalue weighted by Crippen LogP contribution is 2.24. The first-order valence-electron chi connectivity index (χ1n) is 5.19. The third kappa shape index (κ3) is 1.58. The van der Waals surface area contributed by atoms with Gasteiger partial charge in [0.25, 0.3) is 0 Å². The number of fused-ring (bicyclic) bond motifs is 1. The Morgan fingerprint density at radius 1 is 1.24 bits per heavy atom. The molecule has 0 aliphatic rings. The number of aliphatic hydroxyl groups is 1. The molecule has 1 N–H and O–H groups in total. The summed E-state index contributed by atoms with van der Waals surface area (Å²) in [7, 11) is 1.81. The minimum absolute atomic E-state index is 0.728. The van der Waals surface area contributed by atoms with Crippen LogP contribution in [0.3, 0.4) is 0 Å². The van der Waals surface area contributed by atoms with Crippen molar-refractivity contribution in [3.63, 3.8) is 0 Å². The van der Waals surface area contributed by atoms with Gasteiger partial charge in [-0.3, -0.25) is 9.67 Å². The van der Waals surface area contributed by atoms with E-state index < -0.39 is 6.10 Å². The van der Waals surface area contributed by atoms with Crippen molar-refractivity contribution >= 4 is 5.52 Å². The van der Waals surface area contributed by atoms with E-state index in [0.717, 1.165) is 16.6 Å². The van der Waals surface area contributed by atoms with Gasteiger partial charge in [0.05, 0.1) is 24.1 Å². The molecule has 3 heterocycles. The van der Waals surface area contributed by atoms with E-state index in [-0.39, 0.29) is 0 Å². The SMILES string of the molecule is Cn1cc(C(O)c2cnn3ccncc23)cn1. The third-order valence-electron chi connectivity index (χ3n) is 2.69. The minimum Gasteiger partial charge on any atom is -0.383 e. The predicted molar refractivity (Wildman–Crippen MR) is 60.3 cm³/mol. The van der Waals surface area contributed by atoms with Gasteiger partial charge in [0.15, 0.2) is 0 Å².